The van der Waals surface area contributed by atoms with Crippen LogP contribution in [0.4, 0.5) is 5.13 Å². The van der Waals surface area contributed by atoms with Gasteiger partial charge >= 0.3 is 0 Å². The highest BCUT2D eigenvalue weighted by Gasteiger charge is 2.10. The number of aromatic nitrogens is 3. The van der Waals surface area contributed by atoms with Crippen LogP contribution >= 0.6 is 11.3 Å². The highest BCUT2D eigenvalue weighted by Crippen LogP contribution is 2.18. The number of imidazole rings is 1. The van der Waals surface area contributed by atoms with Gasteiger partial charge in [0, 0.05) is 5.56 Å². The minimum Gasteiger partial charge on any atom is -0.345 e. The van der Waals surface area contributed by atoms with Gasteiger partial charge in [0.25, 0.3) is 5.91 Å². The maximum atomic E-state index is 12.0. The lowest BCUT2D eigenvalue weighted by Crippen LogP contribution is -2.11. The second-order valence-electron chi connectivity index (χ2n) is 3.73. The van der Waals surface area contributed by atoms with E-state index < -0.39 is 0 Å². The van der Waals surface area contributed by atoms with Crippen molar-refractivity contribution in [2.75, 3.05) is 5.32 Å². The Labute approximate surface area is 111 Å². The lowest BCUT2D eigenvalue weighted by atomic mass is 10.2. The van der Waals surface area contributed by atoms with Crippen molar-refractivity contribution in [2.45, 2.75) is 0 Å². The van der Waals surface area contributed by atoms with Gasteiger partial charge in [-0.05, 0) is 18.2 Å². The number of hydrogen-bond donors (Lipinski definition) is 2. The normalized spacial score (nSPS) is 10.3. The van der Waals surface area contributed by atoms with E-state index in [0.29, 0.717) is 15.6 Å². The van der Waals surface area contributed by atoms with E-state index in [1.807, 2.05) is 6.07 Å². The molecular weight excluding hydrogens is 262 g/mol. The summed E-state index contributed by atoms with van der Waals surface area (Å²) in [4.78, 5) is 23.5. The van der Waals surface area contributed by atoms with E-state index in [0.717, 1.165) is 22.4 Å². The number of aromatic amines is 1. The van der Waals surface area contributed by atoms with Gasteiger partial charge in [-0.25, -0.2) is 9.97 Å². The Kier molecular flexibility index (Phi) is 2.70. The van der Waals surface area contributed by atoms with Crippen LogP contribution in [0, 0.1) is 11.3 Å². The summed E-state index contributed by atoms with van der Waals surface area (Å²) in [5, 5.41) is 11.8. The second-order valence-corrected chi connectivity index (χ2v) is 4.76. The van der Waals surface area contributed by atoms with Gasteiger partial charge in [-0.1, -0.05) is 11.3 Å². The molecule has 1 aromatic carbocycles. The monoisotopic (exact) mass is 269 g/mol. The van der Waals surface area contributed by atoms with Crippen molar-refractivity contribution >= 4 is 33.4 Å². The summed E-state index contributed by atoms with van der Waals surface area (Å²) in [5.74, 6) is -0.268. The largest absolute Gasteiger partial charge is 0.345 e. The molecule has 0 aliphatic heterocycles. The van der Waals surface area contributed by atoms with Gasteiger partial charge in [0.15, 0.2) is 5.13 Å². The first-order valence-corrected chi connectivity index (χ1v) is 6.18. The Morgan fingerprint density at radius 2 is 2.32 bits per heavy atom. The van der Waals surface area contributed by atoms with Gasteiger partial charge in [-0.15, -0.1) is 0 Å². The second kappa shape index (κ2) is 4.51. The van der Waals surface area contributed by atoms with E-state index in [4.69, 9.17) is 5.26 Å². The van der Waals surface area contributed by atoms with Crippen molar-refractivity contribution in [3.63, 3.8) is 0 Å². The molecule has 0 bridgehead atoms. The fourth-order valence-electron chi connectivity index (χ4n) is 1.63. The maximum absolute atomic E-state index is 12.0. The molecule has 0 spiro atoms. The van der Waals surface area contributed by atoms with E-state index in [9.17, 15) is 4.79 Å². The van der Waals surface area contributed by atoms with Crippen molar-refractivity contribution in [2.24, 2.45) is 0 Å². The summed E-state index contributed by atoms with van der Waals surface area (Å²) in [7, 11) is 0. The molecule has 2 N–H and O–H groups in total. The van der Waals surface area contributed by atoms with Crippen molar-refractivity contribution < 1.29 is 4.79 Å². The molecule has 92 valence electrons. The number of H-pyrrole nitrogens is 1. The van der Waals surface area contributed by atoms with E-state index in [1.54, 1.807) is 24.5 Å². The molecule has 0 saturated heterocycles. The summed E-state index contributed by atoms with van der Waals surface area (Å²) in [6.07, 6.45) is 3.00. The van der Waals surface area contributed by atoms with Crippen LogP contribution in [0.3, 0.4) is 0 Å². The predicted molar refractivity (Wildman–Crippen MR) is 70.9 cm³/mol. The average molecular weight is 269 g/mol. The SMILES string of the molecule is N#Cc1cnc(NC(=O)c2ccc3nc[nH]c3c2)s1. The van der Waals surface area contributed by atoms with Crippen LogP contribution in [0.1, 0.15) is 15.2 Å². The molecule has 1 amide bonds. The number of carbonyl (C=O) groups excluding carboxylic acids is 1. The zero-order chi connectivity index (χ0) is 13.2. The molecular formula is C12H7N5OS. The standard InChI is InChI=1S/C12H7N5OS/c13-4-8-5-14-12(19-8)17-11(18)7-1-2-9-10(3-7)16-6-15-9/h1-3,5-6H,(H,15,16)(H,14,17,18). The van der Waals surface area contributed by atoms with Crippen LogP contribution in [0.2, 0.25) is 0 Å². The Balaban J connectivity index is 1.85. The van der Waals surface area contributed by atoms with Crippen LogP contribution in [-0.4, -0.2) is 20.9 Å². The molecule has 6 nitrogen and oxygen atoms in total. The molecule has 0 aliphatic carbocycles. The number of amides is 1. The Hall–Kier alpha value is -2.72. The first-order chi connectivity index (χ1) is 9.26. The van der Waals surface area contributed by atoms with E-state index in [-0.39, 0.29) is 5.91 Å². The summed E-state index contributed by atoms with van der Waals surface area (Å²) >= 11 is 1.14. The number of fused-ring (bicyclic) bond motifs is 1. The quantitative estimate of drug-likeness (QED) is 0.745. The third kappa shape index (κ3) is 2.17. The summed E-state index contributed by atoms with van der Waals surface area (Å²) < 4.78 is 0. The van der Waals surface area contributed by atoms with E-state index in [2.05, 4.69) is 20.3 Å². The zero-order valence-corrected chi connectivity index (χ0v) is 10.4. The van der Waals surface area contributed by atoms with Gasteiger partial charge in [0.05, 0.1) is 23.6 Å². The number of rotatable bonds is 2. The Morgan fingerprint density at radius 1 is 1.42 bits per heavy atom. The number of hydrogen-bond acceptors (Lipinski definition) is 5. The molecule has 0 fully saturated rings. The molecule has 0 saturated carbocycles. The molecule has 3 rings (SSSR count). The third-order valence-electron chi connectivity index (χ3n) is 2.52. The van der Waals surface area contributed by atoms with Gasteiger partial charge in [0.2, 0.25) is 0 Å². The number of anilines is 1. The van der Waals surface area contributed by atoms with Crippen LogP contribution in [-0.2, 0) is 0 Å². The number of nitrogens with zero attached hydrogens (tertiary/aromatic N) is 3. The fourth-order valence-corrected chi connectivity index (χ4v) is 2.24. The minimum absolute atomic E-state index is 0.268. The molecule has 0 unspecified atom stereocenters. The van der Waals surface area contributed by atoms with Crippen molar-refractivity contribution in [1.82, 2.24) is 15.0 Å². The van der Waals surface area contributed by atoms with Crippen molar-refractivity contribution in [1.29, 1.82) is 5.26 Å². The fraction of sp³-hybridized carbons (Fsp3) is 0. The first-order valence-electron chi connectivity index (χ1n) is 5.36. The summed E-state index contributed by atoms with van der Waals surface area (Å²) in [5.41, 5.74) is 2.10. The Morgan fingerprint density at radius 3 is 3.11 bits per heavy atom. The zero-order valence-electron chi connectivity index (χ0n) is 9.54. The molecule has 0 atom stereocenters. The molecule has 7 heteroatoms. The smallest absolute Gasteiger partial charge is 0.257 e. The van der Waals surface area contributed by atoms with E-state index in [1.165, 1.54) is 6.20 Å². The molecule has 3 aromatic rings. The van der Waals surface area contributed by atoms with E-state index >= 15 is 0 Å². The molecule has 19 heavy (non-hydrogen) atoms. The van der Waals surface area contributed by atoms with Gasteiger partial charge in [0.1, 0.15) is 10.9 Å². The lowest BCUT2D eigenvalue weighted by Gasteiger charge is -2.01. The number of nitrogens with one attached hydrogen (secondary N) is 2. The average Bonchev–Trinajstić information content (AvgIpc) is 3.05. The van der Waals surface area contributed by atoms with Gasteiger partial charge in [-0.3, -0.25) is 10.1 Å². The molecule has 0 aliphatic rings. The Bertz CT molecular complexity index is 798. The van der Waals surface area contributed by atoms with Gasteiger partial charge < -0.3 is 4.98 Å². The van der Waals surface area contributed by atoms with Crippen LogP contribution < -0.4 is 5.32 Å². The number of thiazole rings is 1. The first kappa shape index (κ1) is 11.4. The van der Waals surface area contributed by atoms with Gasteiger partial charge in [-0.2, -0.15) is 5.26 Å². The number of carbonyl (C=O) groups is 1. The lowest BCUT2D eigenvalue weighted by molar-refractivity contribution is 0.102. The van der Waals surface area contributed by atoms with Crippen LogP contribution in [0.5, 0.6) is 0 Å². The van der Waals surface area contributed by atoms with Crippen molar-refractivity contribution in [3.05, 3.63) is 41.2 Å². The molecule has 0 radical (unpaired) electrons. The predicted octanol–water partition coefficient (Wildman–Crippen LogP) is 2.14. The summed E-state index contributed by atoms with van der Waals surface area (Å²) in [6, 6.07) is 7.15. The number of benzene rings is 1. The molecule has 2 aromatic heterocycles. The third-order valence-corrected chi connectivity index (χ3v) is 3.34. The maximum Gasteiger partial charge on any atom is 0.257 e. The van der Waals surface area contributed by atoms with Crippen molar-refractivity contribution in [3.8, 4) is 6.07 Å². The highest BCUT2D eigenvalue weighted by molar-refractivity contribution is 7.16. The topological polar surface area (TPSA) is 94.5 Å². The van der Waals surface area contributed by atoms with Crippen LogP contribution in [0.25, 0.3) is 11.0 Å². The minimum atomic E-state index is -0.268. The number of nitriles is 1. The van der Waals surface area contributed by atoms with Crippen LogP contribution in [0.15, 0.2) is 30.7 Å². The highest BCUT2D eigenvalue weighted by atomic mass is 32.1. The summed E-state index contributed by atoms with van der Waals surface area (Å²) in [6.45, 7) is 0. The molecule has 2 heterocycles.